The molecule has 0 amide bonds. The lowest BCUT2D eigenvalue weighted by Gasteiger charge is -2.34. The maximum absolute atomic E-state index is 4.44. The Bertz CT molecular complexity index is 777. The van der Waals surface area contributed by atoms with Gasteiger partial charge in [0.1, 0.15) is 0 Å². The summed E-state index contributed by atoms with van der Waals surface area (Å²) < 4.78 is 1.27. The van der Waals surface area contributed by atoms with Gasteiger partial charge in [0.05, 0.1) is 15.7 Å². The van der Waals surface area contributed by atoms with Crippen LogP contribution in [0.25, 0.3) is 10.2 Å². The van der Waals surface area contributed by atoms with Crippen molar-refractivity contribution >= 4 is 21.6 Å². The van der Waals surface area contributed by atoms with Crippen LogP contribution in [0.1, 0.15) is 29.7 Å². The van der Waals surface area contributed by atoms with Crippen molar-refractivity contribution in [3.05, 3.63) is 64.7 Å². The molecule has 0 bridgehead atoms. The summed E-state index contributed by atoms with van der Waals surface area (Å²) in [5.74, 6) is 0. The van der Waals surface area contributed by atoms with E-state index in [1.54, 1.807) is 11.3 Å². The number of hydrogen-bond acceptors (Lipinski definition) is 3. The molecule has 4 rings (SSSR count). The smallest absolute Gasteiger partial charge is 0.0815 e. The summed E-state index contributed by atoms with van der Waals surface area (Å²) in [6.07, 6.45) is 1.15. The second kappa shape index (κ2) is 5.24. The molecule has 106 valence electrons. The van der Waals surface area contributed by atoms with Crippen molar-refractivity contribution in [1.29, 1.82) is 0 Å². The topological polar surface area (TPSA) is 16.1 Å². The zero-order chi connectivity index (χ0) is 14.2. The summed E-state index contributed by atoms with van der Waals surface area (Å²) in [5.41, 5.74) is 7.41. The molecule has 21 heavy (non-hydrogen) atoms. The van der Waals surface area contributed by atoms with Gasteiger partial charge in [-0.2, -0.15) is 0 Å². The Morgan fingerprint density at radius 2 is 2.00 bits per heavy atom. The maximum atomic E-state index is 4.44. The van der Waals surface area contributed by atoms with Crippen LogP contribution >= 0.6 is 11.3 Å². The Morgan fingerprint density at radius 3 is 2.90 bits per heavy atom. The van der Waals surface area contributed by atoms with Crippen LogP contribution in [0.5, 0.6) is 0 Å². The highest BCUT2D eigenvalue weighted by Crippen LogP contribution is 2.29. The fraction of sp³-hybridized carbons (Fsp3) is 0.278. The van der Waals surface area contributed by atoms with E-state index in [1.807, 2.05) is 5.51 Å². The molecule has 1 aliphatic heterocycles. The molecular weight excluding hydrogens is 276 g/mol. The van der Waals surface area contributed by atoms with Crippen LogP contribution in [-0.4, -0.2) is 16.4 Å². The second-order valence-corrected chi connectivity index (χ2v) is 6.63. The lowest BCUT2D eigenvalue weighted by Crippen LogP contribution is -2.32. The first-order chi connectivity index (χ1) is 10.3. The normalized spacial score (nSPS) is 16.8. The highest BCUT2D eigenvalue weighted by atomic mass is 32.1. The summed E-state index contributed by atoms with van der Waals surface area (Å²) in [7, 11) is 0. The fourth-order valence-electron chi connectivity index (χ4n) is 3.19. The van der Waals surface area contributed by atoms with Crippen LogP contribution in [0.3, 0.4) is 0 Å². The number of benzene rings is 2. The molecule has 0 radical (unpaired) electrons. The molecule has 2 aromatic carbocycles. The average molecular weight is 294 g/mol. The third kappa shape index (κ3) is 2.37. The van der Waals surface area contributed by atoms with Gasteiger partial charge in [-0.3, -0.25) is 4.90 Å². The Morgan fingerprint density at radius 1 is 1.14 bits per heavy atom. The third-order valence-electron chi connectivity index (χ3n) is 4.54. The molecule has 1 aromatic heterocycles. The van der Waals surface area contributed by atoms with Crippen molar-refractivity contribution in [3.63, 3.8) is 0 Å². The van der Waals surface area contributed by atoms with Crippen LogP contribution in [0.15, 0.2) is 48.0 Å². The lowest BCUT2D eigenvalue weighted by atomic mass is 9.97. The zero-order valence-corrected chi connectivity index (χ0v) is 12.9. The monoisotopic (exact) mass is 294 g/mol. The Kier molecular flexibility index (Phi) is 3.24. The van der Waals surface area contributed by atoms with Gasteiger partial charge in [0.2, 0.25) is 0 Å². The van der Waals surface area contributed by atoms with Gasteiger partial charge >= 0.3 is 0 Å². The predicted molar refractivity (Wildman–Crippen MR) is 88.6 cm³/mol. The number of nitrogens with zero attached hydrogens (tertiary/aromatic N) is 2. The van der Waals surface area contributed by atoms with Crippen LogP contribution in [0, 0.1) is 0 Å². The number of fused-ring (bicyclic) bond motifs is 2. The van der Waals surface area contributed by atoms with Crippen molar-refractivity contribution in [2.45, 2.75) is 25.9 Å². The van der Waals surface area contributed by atoms with Crippen LogP contribution in [-0.2, 0) is 13.0 Å². The lowest BCUT2D eigenvalue weighted by molar-refractivity contribution is 0.192. The first-order valence-corrected chi connectivity index (χ1v) is 8.33. The first-order valence-electron chi connectivity index (χ1n) is 7.45. The molecule has 2 nitrogen and oxygen atoms in total. The van der Waals surface area contributed by atoms with E-state index in [4.69, 9.17) is 0 Å². The van der Waals surface area contributed by atoms with Crippen LogP contribution < -0.4 is 0 Å². The molecule has 3 aromatic rings. The van der Waals surface area contributed by atoms with Gasteiger partial charge in [0.15, 0.2) is 0 Å². The highest BCUT2D eigenvalue weighted by molar-refractivity contribution is 7.16. The fourth-order valence-corrected chi connectivity index (χ4v) is 3.85. The Hall–Kier alpha value is -1.71. The number of hydrogen-bond donors (Lipinski definition) is 0. The standard InChI is InChI=1S/C18H18N2S/c1-13(15-6-7-18-17(10-15)19-12-21-18)20-9-8-14-4-2-3-5-16(14)11-20/h2-7,10,12-13H,8-9,11H2,1H3. The van der Waals surface area contributed by atoms with E-state index in [0.717, 1.165) is 25.0 Å². The van der Waals surface area contributed by atoms with Crippen molar-refractivity contribution in [2.75, 3.05) is 6.54 Å². The molecule has 0 fully saturated rings. The molecule has 1 unspecified atom stereocenters. The first kappa shape index (κ1) is 13.0. The minimum absolute atomic E-state index is 0.435. The van der Waals surface area contributed by atoms with Crippen LogP contribution in [0.2, 0.25) is 0 Å². The predicted octanol–water partition coefficient (Wildman–Crippen LogP) is 4.42. The van der Waals surface area contributed by atoms with Gasteiger partial charge in [0, 0.05) is 19.1 Å². The van der Waals surface area contributed by atoms with E-state index in [9.17, 15) is 0 Å². The third-order valence-corrected chi connectivity index (χ3v) is 5.35. The summed E-state index contributed by atoms with van der Waals surface area (Å²) >= 11 is 1.71. The molecule has 1 aliphatic rings. The van der Waals surface area contributed by atoms with Gasteiger partial charge in [-0.1, -0.05) is 30.3 Å². The summed E-state index contributed by atoms with van der Waals surface area (Å²) in [5, 5.41) is 0. The SMILES string of the molecule is CC(c1ccc2scnc2c1)N1CCc2ccccc2C1. The van der Waals surface area contributed by atoms with Crippen LogP contribution in [0.4, 0.5) is 0 Å². The minimum Gasteiger partial charge on any atom is -0.292 e. The molecule has 2 heterocycles. The minimum atomic E-state index is 0.435. The molecule has 0 N–H and O–H groups in total. The van der Waals surface area contributed by atoms with E-state index < -0.39 is 0 Å². The number of rotatable bonds is 2. The molecule has 1 atom stereocenters. The van der Waals surface area contributed by atoms with Gasteiger partial charge < -0.3 is 0 Å². The van der Waals surface area contributed by atoms with Crippen molar-refractivity contribution in [2.24, 2.45) is 0 Å². The van der Waals surface area contributed by atoms with E-state index in [2.05, 4.69) is 59.3 Å². The Balaban J connectivity index is 1.61. The molecule has 0 spiro atoms. The van der Waals surface area contributed by atoms with Gasteiger partial charge in [-0.05, 0) is 42.2 Å². The molecule has 0 aliphatic carbocycles. The average Bonchev–Trinajstić information content (AvgIpc) is 3.01. The molecule has 0 saturated heterocycles. The van der Waals surface area contributed by atoms with E-state index in [-0.39, 0.29) is 0 Å². The maximum Gasteiger partial charge on any atom is 0.0815 e. The van der Waals surface area contributed by atoms with Gasteiger partial charge in [-0.15, -0.1) is 11.3 Å². The summed E-state index contributed by atoms with van der Waals surface area (Å²) in [4.78, 5) is 7.01. The van der Waals surface area contributed by atoms with E-state index >= 15 is 0 Å². The summed E-state index contributed by atoms with van der Waals surface area (Å²) in [6, 6.07) is 16.0. The second-order valence-electron chi connectivity index (χ2n) is 5.74. The van der Waals surface area contributed by atoms with E-state index in [0.29, 0.717) is 6.04 Å². The molecule has 3 heteroatoms. The highest BCUT2D eigenvalue weighted by Gasteiger charge is 2.21. The van der Waals surface area contributed by atoms with Gasteiger partial charge in [0.25, 0.3) is 0 Å². The summed E-state index contributed by atoms with van der Waals surface area (Å²) in [6.45, 7) is 4.49. The quantitative estimate of drug-likeness (QED) is 0.695. The van der Waals surface area contributed by atoms with Crippen molar-refractivity contribution in [1.82, 2.24) is 9.88 Å². The number of aromatic nitrogens is 1. The number of thiazole rings is 1. The molecule has 0 saturated carbocycles. The van der Waals surface area contributed by atoms with Crippen molar-refractivity contribution in [3.8, 4) is 0 Å². The zero-order valence-electron chi connectivity index (χ0n) is 12.1. The van der Waals surface area contributed by atoms with E-state index in [1.165, 1.54) is 21.4 Å². The van der Waals surface area contributed by atoms with Gasteiger partial charge in [-0.25, -0.2) is 4.98 Å². The molecular formula is C18H18N2S. The van der Waals surface area contributed by atoms with Crippen molar-refractivity contribution < 1.29 is 0 Å². The largest absolute Gasteiger partial charge is 0.292 e. The Labute approximate surface area is 129 Å².